The van der Waals surface area contributed by atoms with Crippen LogP contribution in [0.4, 0.5) is 5.69 Å². The quantitative estimate of drug-likeness (QED) is 0.745. The summed E-state index contributed by atoms with van der Waals surface area (Å²) in [6, 6.07) is 16.7. The van der Waals surface area contributed by atoms with Gasteiger partial charge in [0, 0.05) is 30.9 Å². The molecule has 0 bridgehead atoms. The second-order valence-electron chi connectivity index (χ2n) is 8.01. The van der Waals surface area contributed by atoms with Crippen LogP contribution >= 0.6 is 0 Å². The molecule has 0 aromatic heterocycles. The molecule has 2 heterocycles. The highest BCUT2D eigenvalue weighted by Crippen LogP contribution is 2.28. The number of rotatable bonds is 7. The number of piperidine rings is 1. The van der Waals surface area contributed by atoms with Crippen LogP contribution in [-0.2, 0) is 13.0 Å². The molecule has 1 N–H and O–H groups in total. The maximum Gasteiger partial charge on any atom is 0.251 e. The van der Waals surface area contributed by atoms with E-state index >= 15 is 0 Å². The predicted molar refractivity (Wildman–Crippen MR) is 115 cm³/mol. The second kappa shape index (κ2) is 9.24. The van der Waals surface area contributed by atoms with E-state index in [-0.39, 0.29) is 5.91 Å². The molecule has 4 rings (SSSR count). The molecule has 4 nitrogen and oxygen atoms in total. The zero-order valence-corrected chi connectivity index (χ0v) is 16.7. The fourth-order valence-electron chi connectivity index (χ4n) is 4.34. The average Bonchev–Trinajstić information content (AvgIpc) is 3.15. The highest BCUT2D eigenvalue weighted by atomic mass is 16.1. The standard InChI is InChI=1S/C24H31N3O/c28-24(25-14-6-17-26-15-4-1-5-16-26)22-11-9-20(10-12-22)19-27-18-13-21-7-2-3-8-23(21)27/h2-3,7-12H,1,4-6,13-19H2,(H,25,28). The summed E-state index contributed by atoms with van der Waals surface area (Å²) < 4.78 is 0. The lowest BCUT2D eigenvalue weighted by Gasteiger charge is -2.26. The highest BCUT2D eigenvalue weighted by molar-refractivity contribution is 5.94. The third-order valence-electron chi connectivity index (χ3n) is 5.96. The maximum atomic E-state index is 12.4. The van der Waals surface area contributed by atoms with Crippen molar-refractivity contribution in [1.82, 2.24) is 10.2 Å². The number of fused-ring (bicyclic) bond motifs is 1. The number of benzene rings is 2. The summed E-state index contributed by atoms with van der Waals surface area (Å²) >= 11 is 0. The minimum Gasteiger partial charge on any atom is -0.367 e. The Hall–Kier alpha value is -2.33. The van der Waals surface area contributed by atoms with Crippen molar-refractivity contribution >= 4 is 11.6 Å². The number of para-hydroxylation sites is 1. The lowest BCUT2D eigenvalue weighted by Crippen LogP contribution is -2.33. The molecule has 2 aromatic carbocycles. The smallest absolute Gasteiger partial charge is 0.251 e. The third-order valence-corrected chi connectivity index (χ3v) is 5.96. The minimum absolute atomic E-state index is 0.0386. The normalized spacial score (nSPS) is 16.8. The van der Waals surface area contributed by atoms with Gasteiger partial charge in [-0.3, -0.25) is 4.79 Å². The molecule has 2 aromatic rings. The van der Waals surface area contributed by atoms with Gasteiger partial charge in [-0.25, -0.2) is 0 Å². The summed E-state index contributed by atoms with van der Waals surface area (Å²) in [5, 5.41) is 3.07. The minimum atomic E-state index is 0.0386. The monoisotopic (exact) mass is 377 g/mol. The van der Waals surface area contributed by atoms with Crippen molar-refractivity contribution in [2.24, 2.45) is 0 Å². The first kappa shape index (κ1) is 19.0. The van der Waals surface area contributed by atoms with E-state index < -0.39 is 0 Å². The zero-order chi connectivity index (χ0) is 19.2. The number of nitrogens with one attached hydrogen (secondary N) is 1. The summed E-state index contributed by atoms with van der Waals surface area (Å²) in [4.78, 5) is 17.3. The van der Waals surface area contributed by atoms with Crippen molar-refractivity contribution in [3.05, 3.63) is 65.2 Å². The van der Waals surface area contributed by atoms with Crippen LogP contribution in [0.25, 0.3) is 0 Å². The van der Waals surface area contributed by atoms with Crippen molar-refractivity contribution in [3.63, 3.8) is 0 Å². The van der Waals surface area contributed by atoms with Gasteiger partial charge in [0.05, 0.1) is 0 Å². The number of hydrogen-bond donors (Lipinski definition) is 1. The topological polar surface area (TPSA) is 35.6 Å². The molecular formula is C24H31N3O. The van der Waals surface area contributed by atoms with Crippen molar-refractivity contribution in [3.8, 4) is 0 Å². The van der Waals surface area contributed by atoms with Gasteiger partial charge in [0.1, 0.15) is 0 Å². The molecule has 0 spiro atoms. The third kappa shape index (κ3) is 4.74. The Bertz CT molecular complexity index is 781. The van der Waals surface area contributed by atoms with Gasteiger partial charge in [-0.2, -0.15) is 0 Å². The number of likely N-dealkylation sites (tertiary alicyclic amines) is 1. The van der Waals surface area contributed by atoms with Gasteiger partial charge in [0.25, 0.3) is 5.91 Å². The van der Waals surface area contributed by atoms with E-state index in [2.05, 4.69) is 51.5 Å². The second-order valence-corrected chi connectivity index (χ2v) is 8.01. The fourth-order valence-corrected chi connectivity index (χ4v) is 4.34. The van der Waals surface area contributed by atoms with E-state index in [0.717, 1.165) is 44.6 Å². The summed E-state index contributed by atoms with van der Waals surface area (Å²) in [5.74, 6) is 0.0386. The first-order chi connectivity index (χ1) is 13.8. The Kier molecular flexibility index (Phi) is 6.27. The Morgan fingerprint density at radius 3 is 2.54 bits per heavy atom. The SMILES string of the molecule is O=C(NCCCN1CCCCC1)c1ccc(CN2CCc3ccccc32)cc1. The van der Waals surface area contributed by atoms with Gasteiger partial charge in [-0.05, 0) is 74.6 Å². The summed E-state index contributed by atoms with van der Waals surface area (Å²) in [6.07, 6.45) is 6.16. The van der Waals surface area contributed by atoms with Crippen LogP contribution in [0.15, 0.2) is 48.5 Å². The van der Waals surface area contributed by atoms with Crippen LogP contribution in [0.3, 0.4) is 0 Å². The van der Waals surface area contributed by atoms with Gasteiger partial charge < -0.3 is 15.1 Å². The van der Waals surface area contributed by atoms with E-state index in [9.17, 15) is 4.79 Å². The Balaban J connectivity index is 1.23. The summed E-state index contributed by atoms with van der Waals surface area (Å²) in [7, 11) is 0. The van der Waals surface area contributed by atoms with Crippen LogP contribution in [0, 0.1) is 0 Å². The van der Waals surface area contributed by atoms with Crippen molar-refractivity contribution in [2.75, 3.05) is 37.6 Å². The molecule has 0 atom stereocenters. The molecule has 148 valence electrons. The fraction of sp³-hybridized carbons (Fsp3) is 0.458. The van der Waals surface area contributed by atoms with Gasteiger partial charge in [-0.1, -0.05) is 36.8 Å². The molecular weight excluding hydrogens is 346 g/mol. The molecule has 28 heavy (non-hydrogen) atoms. The zero-order valence-electron chi connectivity index (χ0n) is 16.7. The Morgan fingerprint density at radius 2 is 1.71 bits per heavy atom. The Labute approximate surface area is 168 Å². The molecule has 0 saturated carbocycles. The number of anilines is 1. The van der Waals surface area contributed by atoms with E-state index in [4.69, 9.17) is 0 Å². The number of carbonyl (C=O) groups is 1. The first-order valence-electron chi connectivity index (χ1n) is 10.7. The van der Waals surface area contributed by atoms with Crippen LogP contribution in [-0.4, -0.2) is 43.5 Å². The number of carbonyl (C=O) groups excluding carboxylic acids is 1. The maximum absolute atomic E-state index is 12.4. The van der Waals surface area contributed by atoms with Gasteiger partial charge in [-0.15, -0.1) is 0 Å². The molecule has 1 fully saturated rings. The lowest BCUT2D eigenvalue weighted by molar-refractivity contribution is 0.0951. The van der Waals surface area contributed by atoms with Gasteiger partial charge >= 0.3 is 0 Å². The predicted octanol–water partition coefficient (Wildman–Crippen LogP) is 3.86. The molecule has 4 heteroatoms. The molecule has 1 saturated heterocycles. The van der Waals surface area contributed by atoms with Crippen LogP contribution in [0.2, 0.25) is 0 Å². The van der Waals surface area contributed by atoms with E-state index in [1.165, 1.54) is 49.2 Å². The van der Waals surface area contributed by atoms with Crippen LogP contribution in [0.1, 0.15) is 47.2 Å². The summed E-state index contributed by atoms with van der Waals surface area (Å²) in [6.45, 7) is 6.25. The van der Waals surface area contributed by atoms with Crippen LogP contribution < -0.4 is 10.2 Å². The van der Waals surface area contributed by atoms with Crippen LogP contribution in [0.5, 0.6) is 0 Å². The molecule has 1 amide bonds. The van der Waals surface area contributed by atoms with Gasteiger partial charge in [0.2, 0.25) is 0 Å². The van der Waals surface area contributed by atoms with E-state index in [0.29, 0.717) is 0 Å². The number of amides is 1. The van der Waals surface area contributed by atoms with E-state index in [1.54, 1.807) is 0 Å². The number of hydrogen-bond acceptors (Lipinski definition) is 3. The molecule has 2 aliphatic heterocycles. The van der Waals surface area contributed by atoms with Crippen molar-refractivity contribution in [1.29, 1.82) is 0 Å². The van der Waals surface area contributed by atoms with E-state index in [1.807, 2.05) is 12.1 Å². The summed E-state index contributed by atoms with van der Waals surface area (Å²) in [5.41, 5.74) is 4.78. The molecule has 0 aliphatic carbocycles. The van der Waals surface area contributed by atoms with Gasteiger partial charge in [0.15, 0.2) is 0 Å². The highest BCUT2D eigenvalue weighted by Gasteiger charge is 2.18. The lowest BCUT2D eigenvalue weighted by atomic mass is 10.1. The van der Waals surface area contributed by atoms with Crippen molar-refractivity contribution < 1.29 is 4.79 Å². The van der Waals surface area contributed by atoms with Crippen molar-refractivity contribution in [2.45, 2.75) is 38.6 Å². The number of nitrogens with zero attached hydrogens (tertiary/aromatic N) is 2. The molecule has 0 unspecified atom stereocenters. The first-order valence-corrected chi connectivity index (χ1v) is 10.7. The Morgan fingerprint density at radius 1 is 0.929 bits per heavy atom. The molecule has 2 aliphatic rings. The largest absolute Gasteiger partial charge is 0.367 e. The average molecular weight is 378 g/mol. The molecule has 0 radical (unpaired) electrons.